The van der Waals surface area contributed by atoms with Crippen LogP contribution in [-0.2, 0) is 10.0 Å². The van der Waals surface area contributed by atoms with Gasteiger partial charge in [-0.15, -0.1) is 0 Å². The van der Waals surface area contributed by atoms with Crippen LogP contribution in [0.1, 0.15) is 44.2 Å². The van der Waals surface area contributed by atoms with Gasteiger partial charge in [-0.25, -0.2) is 13.1 Å². The van der Waals surface area contributed by atoms with Gasteiger partial charge < -0.3 is 5.32 Å². The Morgan fingerprint density at radius 3 is 2.38 bits per heavy atom. The Balaban J connectivity index is 1.72. The third-order valence-electron chi connectivity index (χ3n) is 5.17. The van der Waals surface area contributed by atoms with Gasteiger partial charge in [0.1, 0.15) is 0 Å². The number of hydrogen-bond donors (Lipinski definition) is 2. The largest absolute Gasteiger partial charge is 0.313 e. The molecule has 4 atom stereocenters. The molecular formula is C16H24N2O2S. The summed E-state index contributed by atoms with van der Waals surface area (Å²) in [7, 11) is -1.49. The summed E-state index contributed by atoms with van der Waals surface area (Å²) in [4.78, 5) is 0.373. The van der Waals surface area contributed by atoms with Gasteiger partial charge in [0.25, 0.3) is 0 Å². The molecule has 4 nitrogen and oxygen atoms in total. The predicted molar refractivity (Wildman–Crippen MR) is 83.5 cm³/mol. The van der Waals surface area contributed by atoms with Crippen molar-refractivity contribution in [2.45, 2.75) is 49.6 Å². The summed E-state index contributed by atoms with van der Waals surface area (Å²) in [5.74, 6) is 1.29. The predicted octanol–water partition coefficient (Wildman–Crippen LogP) is 2.43. The zero-order chi connectivity index (χ0) is 15.0. The van der Waals surface area contributed by atoms with Crippen molar-refractivity contribution in [2.75, 3.05) is 7.05 Å². The van der Waals surface area contributed by atoms with Crippen molar-refractivity contribution in [3.8, 4) is 0 Å². The normalized spacial score (nSPS) is 29.7. The SMILES string of the molecule is CNC(C)c1ccc(S(=O)(=O)NC2CC3CCC2C3)cc1. The van der Waals surface area contributed by atoms with Crippen molar-refractivity contribution in [1.29, 1.82) is 0 Å². The average molecular weight is 308 g/mol. The first-order valence-corrected chi connectivity index (χ1v) is 9.27. The minimum absolute atomic E-state index is 0.143. The Bertz CT molecular complexity index is 597. The lowest BCUT2D eigenvalue weighted by Gasteiger charge is -2.22. The van der Waals surface area contributed by atoms with Gasteiger partial charge in [0, 0.05) is 12.1 Å². The maximum Gasteiger partial charge on any atom is 0.240 e. The van der Waals surface area contributed by atoms with Crippen molar-refractivity contribution >= 4 is 10.0 Å². The Morgan fingerprint density at radius 2 is 1.86 bits per heavy atom. The highest BCUT2D eigenvalue weighted by Gasteiger charge is 2.41. The minimum Gasteiger partial charge on any atom is -0.313 e. The first-order valence-electron chi connectivity index (χ1n) is 7.79. The van der Waals surface area contributed by atoms with Crippen molar-refractivity contribution in [1.82, 2.24) is 10.0 Å². The van der Waals surface area contributed by atoms with Gasteiger partial charge in [0.2, 0.25) is 10.0 Å². The van der Waals surface area contributed by atoms with Crippen LogP contribution in [0.25, 0.3) is 0 Å². The molecule has 0 radical (unpaired) electrons. The average Bonchev–Trinajstić information content (AvgIpc) is 3.08. The molecule has 0 heterocycles. The monoisotopic (exact) mass is 308 g/mol. The molecule has 0 saturated heterocycles. The van der Waals surface area contributed by atoms with E-state index >= 15 is 0 Å². The molecule has 1 aromatic carbocycles. The minimum atomic E-state index is -3.39. The third-order valence-corrected chi connectivity index (χ3v) is 6.67. The summed E-state index contributed by atoms with van der Waals surface area (Å²) >= 11 is 0. The molecule has 2 aliphatic carbocycles. The number of sulfonamides is 1. The second kappa shape index (κ2) is 5.71. The third kappa shape index (κ3) is 3.00. The molecule has 0 spiro atoms. The van der Waals surface area contributed by atoms with Crippen LogP contribution >= 0.6 is 0 Å². The molecule has 0 amide bonds. The van der Waals surface area contributed by atoms with Crippen molar-refractivity contribution in [2.24, 2.45) is 11.8 Å². The van der Waals surface area contributed by atoms with Crippen LogP contribution in [0.5, 0.6) is 0 Å². The van der Waals surface area contributed by atoms with Crippen LogP contribution in [0, 0.1) is 11.8 Å². The van der Waals surface area contributed by atoms with E-state index in [4.69, 9.17) is 0 Å². The molecule has 4 unspecified atom stereocenters. The molecule has 21 heavy (non-hydrogen) atoms. The fourth-order valence-corrected chi connectivity index (χ4v) is 5.08. The Kier molecular flexibility index (Phi) is 4.08. The first-order chi connectivity index (χ1) is 9.99. The summed E-state index contributed by atoms with van der Waals surface area (Å²) in [6.07, 6.45) is 4.67. The van der Waals surface area contributed by atoms with Gasteiger partial charge in [-0.05, 0) is 62.8 Å². The first kappa shape index (κ1) is 15.0. The van der Waals surface area contributed by atoms with Gasteiger partial charge in [-0.3, -0.25) is 0 Å². The Morgan fingerprint density at radius 1 is 1.14 bits per heavy atom. The number of hydrogen-bond acceptors (Lipinski definition) is 3. The highest BCUT2D eigenvalue weighted by atomic mass is 32.2. The molecule has 116 valence electrons. The van der Waals surface area contributed by atoms with Crippen LogP contribution in [0.15, 0.2) is 29.2 Å². The summed E-state index contributed by atoms with van der Waals surface area (Å²) in [5.41, 5.74) is 1.09. The van der Waals surface area contributed by atoms with E-state index in [-0.39, 0.29) is 12.1 Å². The number of benzene rings is 1. The second-order valence-corrected chi connectivity index (χ2v) is 8.20. The van der Waals surface area contributed by atoms with Crippen LogP contribution in [0.3, 0.4) is 0 Å². The molecule has 2 bridgehead atoms. The van der Waals surface area contributed by atoms with E-state index in [1.165, 1.54) is 19.3 Å². The van der Waals surface area contributed by atoms with E-state index in [0.717, 1.165) is 17.9 Å². The maximum absolute atomic E-state index is 12.5. The Hall–Kier alpha value is -0.910. The maximum atomic E-state index is 12.5. The lowest BCUT2D eigenvalue weighted by molar-refractivity contribution is 0.390. The standard InChI is InChI=1S/C16H24N2O2S/c1-11(17-2)13-5-7-15(8-6-13)21(19,20)18-16-10-12-3-4-14(16)9-12/h5-8,11-12,14,16-18H,3-4,9-10H2,1-2H3. The second-order valence-electron chi connectivity index (χ2n) is 6.48. The summed E-state index contributed by atoms with van der Waals surface area (Å²) in [6, 6.07) is 7.55. The molecule has 0 aliphatic heterocycles. The summed E-state index contributed by atoms with van der Waals surface area (Å²) in [6.45, 7) is 2.05. The van der Waals surface area contributed by atoms with Gasteiger partial charge in [0.05, 0.1) is 4.90 Å². The number of rotatable bonds is 5. The van der Waals surface area contributed by atoms with Gasteiger partial charge in [0.15, 0.2) is 0 Å². The highest BCUT2D eigenvalue weighted by Crippen LogP contribution is 2.44. The molecular weight excluding hydrogens is 284 g/mol. The molecule has 2 aliphatic rings. The smallest absolute Gasteiger partial charge is 0.240 e. The lowest BCUT2D eigenvalue weighted by atomic mass is 9.96. The molecule has 2 fully saturated rings. The highest BCUT2D eigenvalue weighted by molar-refractivity contribution is 7.89. The zero-order valence-electron chi connectivity index (χ0n) is 12.7. The zero-order valence-corrected chi connectivity index (χ0v) is 13.5. The summed E-state index contributed by atoms with van der Waals surface area (Å²) in [5, 5.41) is 3.15. The molecule has 1 aromatic rings. The van der Waals surface area contributed by atoms with Gasteiger partial charge >= 0.3 is 0 Å². The molecule has 2 saturated carbocycles. The molecule has 2 N–H and O–H groups in total. The topological polar surface area (TPSA) is 58.2 Å². The molecule has 0 aromatic heterocycles. The quantitative estimate of drug-likeness (QED) is 0.878. The van der Waals surface area contributed by atoms with E-state index in [1.807, 2.05) is 19.2 Å². The van der Waals surface area contributed by atoms with Gasteiger partial charge in [-0.2, -0.15) is 0 Å². The fraction of sp³-hybridized carbons (Fsp3) is 0.625. The van der Waals surface area contributed by atoms with Crippen LogP contribution in [-0.4, -0.2) is 21.5 Å². The van der Waals surface area contributed by atoms with E-state index in [9.17, 15) is 8.42 Å². The fourth-order valence-electron chi connectivity index (χ4n) is 3.76. The van der Waals surface area contributed by atoms with E-state index in [0.29, 0.717) is 10.8 Å². The van der Waals surface area contributed by atoms with Crippen molar-refractivity contribution < 1.29 is 8.42 Å². The van der Waals surface area contributed by atoms with E-state index in [2.05, 4.69) is 17.0 Å². The van der Waals surface area contributed by atoms with Crippen LogP contribution < -0.4 is 10.0 Å². The molecule has 5 heteroatoms. The van der Waals surface area contributed by atoms with E-state index < -0.39 is 10.0 Å². The van der Waals surface area contributed by atoms with Crippen molar-refractivity contribution in [3.05, 3.63) is 29.8 Å². The Labute approximate surface area is 127 Å². The number of nitrogens with one attached hydrogen (secondary N) is 2. The van der Waals surface area contributed by atoms with Gasteiger partial charge in [-0.1, -0.05) is 18.6 Å². The van der Waals surface area contributed by atoms with E-state index in [1.54, 1.807) is 12.1 Å². The van der Waals surface area contributed by atoms with Crippen LogP contribution in [0.4, 0.5) is 0 Å². The summed E-state index contributed by atoms with van der Waals surface area (Å²) < 4.78 is 27.9. The molecule has 3 rings (SSSR count). The number of fused-ring (bicyclic) bond motifs is 2. The lowest BCUT2D eigenvalue weighted by Crippen LogP contribution is -2.38. The van der Waals surface area contributed by atoms with Crippen molar-refractivity contribution in [3.63, 3.8) is 0 Å². The van der Waals surface area contributed by atoms with Crippen LogP contribution in [0.2, 0.25) is 0 Å².